The molecular formula is C52H33N. The van der Waals surface area contributed by atoms with Crippen LogP contribution in [0.15, 0.2) is 200 Å². The van der Waals surface area contributed by atoms with Gasteiger partial charge in [-0.05, 0) is 94.6 Å². The molecule has 1 nitrogen and oxygen atoms in total. The fraction of sp³-hybridized carbons (Fsp3) is 0. The van der Waals surface area contributed by atoms with Crippen LogP contribution in [0, 0.1) is 0 Å². The van der Waals surface area contributed by atoms with E-state index in [1.807, 2.05) is 0 Å². The van der Waals surface area contributed by atoms with Crippen molar-refractivity contribution in [3.8, 4) is 11.1 Å². The van der Waals surface area contributed by atoms with E-state index < -0.39 is 0 Å². The first-order valence-corrected chi connectivity index (χ1v) is 18.4. The van der Waals surface area contributed by atoms with Crippen LogP contribution in [0.4, 0.5) is 17.1 Å². The molecule has 0 radical (unpaired) electrons. The predicted molar refractivity (Wildman–Crippen MR) is 229 cm³/mol. The van der Waals surface area contributed by atoms with E-state index in [1.165, 1.54) is 86.5 Å². The van der Waals surface area contributed by atoms with Crippen LogP contribution in [0.3, 0.4) is 0 Å². The summed E-state index contributed by atoms with van der Waals surface area (Å²) >= 11 is 0. The van der Waals surface area contributed by atoms with Crippen molar-refractivity contribution in [2.75, 3.05) is 4.90 Å². The van der Waals surface area contributed by atoms with Gasteiger partial charge in [-0.2, -0.15) is 0 Å². The van der Waals surface area contributed by atoms with Gasteiger partial charge in [-0.3, -0.25) is 0 Å². The highest BCUT2D eigenvalue weighted by atomic mass is 15.1. The normalized spacial score (nSPS) is 11.8. The van der Waals surface area contributed by atoms with Crippen molar-refractivity contribution in [2.45, 2.75) is 0 Å². The van der Waals surface area contributed by atoms with E-state index in [1.54, 1.807) is 0 Å². The molecule has 53 heavy (non-hydrogen) atoms. The van der Waals surface area contributed by atoms with E-state index >= 15 is 0 Å². The first-order valence-electron chi connectivity index (χ1n) is 18.4. The summed E-state index contributed by atoms with van der Waals surface area (Å²) < 4.78 is 0. The van der Waals surface area contributed by atoms with Crippen LogP contribution in [-0.4, -0.2) is 0 Å². The zero-order chi connectivity index (χ0) is 34.9. The Morgan fingerprint density at radius 2 is 0.717 bits per heavy atom. The van der Waals surface area contributed by atoms with E-state index in [-0.39, 0.29) is 0 Å². The summed E-state index contributed by atoms with van der Waals surface area (Å²) in [6.07, 6.45) is 0. The van der Waals surface area contributed by atoms with Crippen LogP contribution >= 0.6 is 0 Å². The Bertz CT molecular complexity index is 3220. The highest BCUT2D eigenvalue weighted by Gasteiger charge is 2.22. The molecule has 0 spiro atoms. The van der Waals surface area contributed by atoms with Gasteiger partial charge in [-0.15, -0.1) is 0 Å². The molecule has 0 saturated carbocycles. The molecular weight excluding hydrogens is 639 g/mol. The summed E-state index contributed by atoms with van der Waals surface area (Å²) in [5.41, 5.74) is 5.88. The smallest absolute Gasteiger partial charge is 0.0546 e. The van der Waals surface area contributed by atoms with Crippen molar-refractivity contribution in [1.82, 2.24) is 0 Å². The molecule has 0 unspecified atom stereocenters. The van der Waals surface area contributed by atoms with Gasteiger partial charge in [0.15, 0.2) is 0 Å². The lowest BCUT2D eigenvalue weighted by Crippen LogP contribution is -2.11. The molecule has 0 bridgehead atoms. The number of fused-ring (bicyclic) bond motifs is 7. The van der Waals surface area contributed by atoms with Crippen LogP contribution in [0.1, 0.15) is 0 Å². The number of benzene rings is 10. The van der Waals surface area contributed by atoms with Gasteiger partial charge in [0.05, 0.1) is 11.4 Å². The van der Waals surface area contributed by atoms with Gasteiger partial charge >= 0.3 is 0 Å². The van der Waals surface area contributed by atoms with E-state index in [4.69, 9.17) is 0 Å². The van der Waals surface area contributed by atoms with Gasteiger partial charge in [0.25, 0.3) is 0 Å². The molecule has 11 aromatic carbocycles. The van der Waals surface area contributed by atoms with E-state index in [9.17, 15) is 0 Å². The van der Waals surface area contributed by atoms with Crippen molar-refractivity contribution in [3.63, 3.8) is 0 Å². The Balaban J connectivity index is 1.26. The summed E-state index contributed by atoms with van der Waals surface area (Å²) in [5.74, 6) is 0. The summed E-state index contributed by atoms with van der Waals surface area (Å²) in [7, 11) is 0. The maximum absolute atomic E-state index is 2.49. The van der Waals surface area contributed by atoms with Crippen LogP contribution in [0.5, 0.6) is 0 Å². The minimum atomic E-state index is 1.12. The highest BCUT2D eigenvalue weighted by molar-refractivity contribution is 6.34. The number of hydrogen-bond donors (Lipinski definition) is 0. The standard InChI is InChI=1S/C52H33N/c1-3-18-39-34(13-1)15-9-24-40(39)36-29-31-38(32-30-36)53(49-28-11-16-35-14-2-4-19-41(35)49)50-33-37-17-10-25-46-44-22-7-5-20-42(44)43-21-6-8-23-45(43)47-26-12-27-48(50)52(47)51(37)46/h1-33H. The van der Waals surface area contributed by atoms with Crippen LogP contribution < -0.4 is 4.90 Å². The molecule has 11 aromatic rings. The third-order valence-corrected chi connectivity index (χ3v) is 11.2. The van der Waals surface area contributed by atoms with Crippen LogP contribution in [0.2, 0.25) is 0 Å². The monoisotopic (exact) mass is 671 g/mol. The second-order valence-corrected chi connectivity index (χ2v) is 14.0. The molecule has 0 aromatic heterocycles. The zero-order valence-corrected chi connectivity index (χ0v) is 29.0. The molecule has 0 aliphatic heterocycles. The molecule has 0 aliphatic carbocycles. The molecule has 11 rings (SSSR count). The molecule has 0 atom stereocenters. The lowest BCUT2D eigenvalue weighted by molar-refractivity contribution is 1.32. The number of anilines is 3. The summed E-state index contributed by atoms with van der Waals surface area (Å²) in [6.45, 7) is 0. The third kappa shape index (κ3) is 4.58. The van der Waals surface area contributed by atoms with Crippen LogP contribution in [-0.2, 0) is 0 Å². The van der Waals surface area contributed by atoms with Gasteiger partial charge in [0.1, 0.15) is 0 Å². The lowest BCUT2D eigenvalue weighted by atomic mass is 9.89. The maximum atomic E-state index is 2.49. The molecule has 0 heterocycles. The van der Waals surface area contributed by atoms with Crippen molar-refractivity contribution in [1.29, 1.82) is 0 Å². The van der Waals surface area contributed by atoms with Crippen molar-refractivity contribution >= 4 is 92.5 Å². The van der Waals surface area contributed by atoms with E-state index in [0.717, 1.165) is 17.1 Å². The number of hydrogen-bond acceptors (Lipinski definition) is 1. The van der Waals surface area contributed by atoms with Crippen LogP contribution in [0.25, 0.3) is 86.5 Å². The summed E-state index contributed by atoms with van der Waals surface area (Å²) in [6, 6.07) is 73.7. The number of rotatable bonds is 4. The van der Waals surface area contributed by atoms with Gasteiger partial charge in [-0.25, -0.2) is 0 Å². The van der Waals surface area contributed by atoms with E-state index in [2.05, 4.69) is 205 Å². The summed E-state index contributed by atoms with van der Waals surface area (Å²) in [4.78, 5) is 2.49. The first kappa shape index (κ1) is 29.7. The van der Waals surface area contributed by atoms with Crippen molar-refractivity contribution in [3.05, 3.63) is 200 Å². The Hall–Kier alpha value is -6.96. The van der Waals surface area contributed by atoms with Gasteiger partial charge in [0.2, 0.25) is 0 Å². The fourth-order valence-electron chi connectivity index (χ4n) is 8.85. The van der Waals surface area contributed by atoms with E-state index in [0.29, 0.717) is 0 Å². The summed E-state index contributed by atoms with van der Waals surface area (Å²) in [5, 5.41) is 17.6. The lowest BCUT2D eigenvalue weighted by Gasteiger charge is -2.29. The average Bonchev–Trinajstić information content (AvgIpc) is 3.23. The Morgan fingerprint density at radius 1 is 0.264 bits per heavy atom. The van der Waals surface area contributed by atoms with Gasteiger partial charge < -0.3 is 4.90 Å². The average molecular weight is 672 g/mol. The third-order valence-electron chi connectivity index (χ3n) is 11.2. The van der Waals surface area contributed by atoms with Crippen molar-refractivity contribution in [2.24, 2.45) is 0 Å². The molecule has 246 valence electrons. The second kappa shape index (κ2) is 11.8. The molecule has 0 fully saturated rings. The molecule has 0 N–H and O–H groups in total. The second-order valence-electron chi connectivity index (χ2n) is 14.0. The molecule has 0 aliphatic rings. The largest absolute Gasteiger partial charge is 0.309 e. The zero-order valence-electron chi connectivity index (χ0n) is 29.0. The van der Waals surface area contributed by atoms with Crippen molar-refractivity contribution < 1.29 is 0 Å². The molecule has 1 heteroatoms. The topological polar surface area (TPSA) is 3.24 Å². The quantitative estimate of drug-likeness (QED) is 0.168. The minimum Gasteiger partial charge on any atom is -0.309 e. The first-order chi connectivity index (χ1) is 26.3. The number of nitrogens with zero attached hydrogens (tertiary/aromatic N) is 1. The minimum absolute atomic E-state index is 1.12. The Kier molecular flexibility index (Phi) is 6.62. The highest BCUT2D eigenvalue weighted by Crippen LogP contribution is 2.48. The fourth-order valence-corrected chi connectivity index (χ4v) is 8.85. The Morgan fingerprint density at radius 3 is 1.42 bits per heavy atom. The van der Waals surface area contributed by atoms with Gasteiger partial charge in [0, 0.05) is 21.8 Å². The molecule has 0 saturated heterocycles. The SMILES string of the molecule is c1ccc2c(-c3ccc(N(c4cccc5ccccc45)c4cc5cccc6c7ccccc7c7ccccc7c7cccc4c7c56)cc3)cccc2c1. The maximum Gasteiger partial charge on any atom is 0.0546 e. The van der Waals surface area contributed by atoms with Gasteiger partial charge in [-0.1, -0.05) is 176 Å². The Labute approximate surface area is 307 Å². The molecule has 0 amide bonds. The predicted octanol–water partition coefficient (Wildman–Crippen LogP) is 14.9.